The number of para-hydroxylation sites is 1. The van der Waals surface area contributed by atoms with Crippen molar-refractivity contribution in [2.45, 2.75) is 30.6 Å². The average molecular weight is 390 g/mol. The van der Waals surface area contributed by atoms with Gasteiger partial charge in [0, 0.05) is 25.2 Å². The van der Waals surface area contributed by atoms with E-state index >= 15 is 0 Å². The normalized spacial score (nSPS) is 18.2. The second kappa shape index (κ2) is 8.63. The molecule has 2 aromatic carbocycles. The van der Waals surface area contributed by atoms with Gasteiger partial charge in [-0.05, 0) is 61.6 Å². The van der Waals surface area contributed by atoms with Gasteiger partial charge in [-0.1, -0.05) is 18.2 Å². The van der Waals surface area contributed by atoms with Crippen molar-refractivity contribution in [3.05, 3.63) is 60.4 Å². The van der Waals surface area contributed by atoms with E-state index in [0.29, 0.717) is 25.9 Å². The maximum Gasteiger partial charge on any atom is 0.243 e. The fourth-order valence-electron chi connectivity index (χ4n) is 3.32. The number of carbonyl (C=O) groups is 1. The molecule has 3 rings (SSSR count). The standard InChI is InChI=1S/C20H23FN2O3S/c21-17-9-11-19(12-10-17)27(25,26)23-14-4-5-16(15-23)8-13-20(24)22-18-6-2-1-3-7-18/h1-3,6-7,9-12,16H,4-5,8,13-15H2,(H,22,24). The lowest BCUT2D eigenvalue weighted by molar-refractivity contribution is -0.116. The molecule has 2 aromatic rings. The molecular formula is C20H23FN2O3S. The molecule has 1 unspecified atom stereocenters. The van der Waals surface area contributed by atoms with Gasteiger partial charge in [0.25, 0.3) is 0 Å². The van der Waals surface area contributed by atoms with Gasteiger partial charge in [-0.25, -0.2) is 12.8 Å². The van der Waals surface area contributed by atoms with Gasteiger partial charge in [0.1, 0.15) is 5.82 Å². The Kier molecular flexibility index (Phi) is 6.23. The molecule has 1 saturated heterocycles. The molecule has 0 saturated carbocycles. The summed E-state index contributed by atoms with van der Waals surface area (Å²) < 4.78 is 40.0. The van der Waals surface area contributed by atoms with Crippen LogP contribution in [0.5, 0.6) is 0 Å². The molecule has 0 aliphatic carbocycles. The zero-order chi connectivity index (χ0) is 19.3. The van der Waals surface area contributed by atoms with Crippen LogP contribution in [0.1, 0.15) is 25.7 Å². The van der Waals surface area contributed by atoms with Gasteiger partial charge in [-0.2, -0.15) is 4.31 Å². The van der Waals surface area contributed by atoms with Crippen LogP contribution in [0.15, 0.2) is 59.5 Å². The van der Waals surface area contributed by atoms with Crippen LogP contribution in [0.3, 0.4) is 0 Å². The molecule has 1 amide bonds. The molecule has 5 nitrogen and oxygen atoms in total. The highest BCUT2D eigenvalue weighted by atomic mass is 32.2. The highest BCUT2D eigenvalue weighted by Gasteiger charge is 2.30. The number of benzene rings is 2. The molecule has 1 aliphatic rings. The van der Waals surface area contributed by atoms with Crippen molar-refractivity contribution in [2.24, 2.45) is 5.92 Å². The third kappa shape index (κ3) is 5.14. The summed E-state index contributed by atoms with van der Waals surface area (Å²) in [7, 11) is -3.63. The van der Waals surface area contributed by atoms with Crippen LogP contribution in [0, 0.1) is 11.7 Å². The highest BCUT2D eigenvalue weighted by Crippen LogP contribution is 2.26. The minimum Gasteiger partial charge on any atom is -0.326 e. The summed E-state index contributed by atoms with van der Waals surface area (Å²) in [6.07, 6.45) is 2.64. The van der Waals surface area contributed by atoms with Gasteiger partial charge in [-0.3, -0.25) is 4.79 Å². The first kappa shape index (κ1) is 19.5. The van der Waals surface area contributed by atoms with E-state index in [2.05, 4.69) is 5.32 Å². The Labute approximate surface area is 159 Å². The van der Waals surface area contributed by atoms with E-state index in [1.54, 1.807) is 0 Å². The van der Waals surface area contributed by atoms with Crippen LogP contribution in [-0.4, -0.2) is 31.7 Å². The summed E-state index contributed by atoms with van der Waals surface area (Å²) in [5.74, 6) is -0.398. The number of hydrogen-bond acceptors (Lipinski definition) is 3. The van der Waals surface area contributed by atoms with E-state index in [-0.39, 0.29) is 16.7 Å². The Morgan fingerprint density at radius 2 is 1.81 bits per heavy atom. The van der Waals surface area contributed by atoms with Crippen LogP contribution < -0.4 is 5.32 Å². The summed E-state index contributed by atoms with van der Waals surface area (Å²) in [6.45, 7) is 0.838. The lowest BCUT2D eigenvalue weighted by Crippen LogP contribution is -2.40. The first-order valence-electron chi connectivity index (χ1n) is 9.06. The van der Waals surface area contributed by atoms with E-state index < -0.39 is 15.8 Å². The van der Waals surface area contributed by atoms with E-state index in [1.807, 2.05) is 30.3 Å². The summed E-state index contributed by atoms with van der Waals surface area (Å²) in [4.78, 5) is 12.2. The highest BCUT2D eigenvalue weighted by molar-refractivity contribution is 7.89. The molecule has 27 heavy (non-hydrogen) atoms. The summed E-state index contributed by atoms with van der Waals surface area (Å²) >= 11 is 0. The number of hydrogen-bond donors (Lipinski definition) is 1. The summed E-state index contributed by atoms with van der Waals surface area (Å²) in [5.41, 5.74) is 0.756. The van der Waals surface area contributed by atoms with Crippen LogP contribution in [-0.2, 0) is 14.8 Å². The first-order chi connectivity index (χ1) is 12.9. The second-order valence-electron chi connectivity index (χ2n) is 6.78. The number of rotatable bonds is 6. The number of anilines is 1. The minimum atomic E-state index is -3.63. The van der Waals surface area contributed by atoms with Crippen molar-refractivity contribution < 1.29 is 17.6 Å². The first-order valence-corrected chi connectivity index (χ1v) is 10.5. The largest absolute Gasteiger partial charge is 0.326 e. The van der Waals surface area contributed by atoms with Crippen molar-refractivity contribution in [3.8, 4) is 0 Å². The molecule has 1 N–H and O–H groups in total. The van der Waals surface area contributed by atoms with Crippen LogP contribution in [0.25, 0.3) is 0 Å². The monoisotopic (exact) mass is 390 g/mol. The van der Waals surface area contributed by atoms with Gasteiger partial charge >= 0.3 is 0 Å². The molecule has 1 heterocycles. The van der Waals surface area contributed by atoms with Gasteiger partial charge in [-0.15, -0.1) is 0 Å². The topological polar surface area (TPSA) is 66.5 Å². The van der Waals surface area contributed by atoms with E-state index in [0.717, 1.165) is 30.7 Å². The molecule has 7 heteroatoms. The van der Waals surface area contributed by atoms with Crippen molar-refractivity contribution in [2.75, 3.05) is 18.4 Å². The zero-order valence-electron chi connectivity index (χ0n) is 15.0. The van der Waals surface area contributed by atoms with Crippen molar-refractivity contribution >= 4 is 21.6 Å². The molecule has 0 spiro atoms. The number of carbonyl (C=O) groups excluding carboxylic acids is 1. The Bertz CT molecular complexity index is 870. The number of amides is 1. The zero-order valence-corrected chi connectivity index (χ0v) is 15.8. The number of piperidine rings is 1. The molecule has 0 radical (unpaired) electrons. The molecule has 0 bridgehead atoms. The summed E-state index contributed by atoms with van der Waals surface area (Å²) in [6, 6.07) is 14.1. The van der Waals surface area contributed by atoms with Crippen molar-refractivity contribution in [1.82, 2.24) is 4.31 Å². The van der Waals surface area contributed by atoms with Crippen molar-refractivity contribution in [3.63, 3.8) is 0 Å². The molecule has 144 valence electrons. The van der Waals surface area contributed by atoms with E-state index in [1.165, 1.54) is 16.4 Å². The van der Waals surface area contributed by atoms with Crippen LogP contribution >= 0.6 is 0 Å². The predicted octanol–water partition coefficient (Wildman–Crippen LogP) is 3.65. The number of nitrogens with zero attached hydrogens (tertiary/aromatic N) is 1. The van der Waals surface area contributed by atoms with Gasteiger partial charge in [0.05, 0.1) is 4.90 Å². The Balaban J connectivity index is 1.56. The molecular weight excluding hydrogens is 367 g/mol. The Morgan fingerprint density at radius 3 is 2.52 bits per heavy atom. The van der Waals surface area contributed by atoms with Crippen molar-refractivity contribution in [1.29, 1.82) is 0 Å². The quantitative estimate of drug-likeness (QED) is 0.819. The third-order valence-corrected chi connectivity index (χ3v) is 6.65. The van der Waals surface area contributed by atoms with E-state index in [4.69, 9.17) is 0 Å². The molecule has 0 aromatic heterocycles. The van der Waals surface area contributed by atoms with Crippen LogP contribution in [0.2, 0.25) is 0 Å². The molecule has 1 aliphatic heterocycles. The fraction of sp³-hybridized carbons (Fsp3) is 0.350. The SMILES string of the molecule is O=C(CCC1CCCN(S(=O)(=O)c2ccc(F)cc2)C1)Nc1ccccc1. The summed E-state index contributed by atoms with van der Waals surface area (Å²) in [5, 5.41) is 2.85. The smallest absolute Gasteiger partial charge is 0.243 e. The average Bonchev–Trinajstić information content (AvgIpc) is 2.68. The number of sulfonamides is 1. The number of halogens is 1. The maximum atomic E-state index is 13.1. The lowest BCUT2D eigenvalue weighted by atomic mass is 9.94. The maximum absolute atomic E-state index is 13.1. The lowest BCUT2D eigenvalue weighted by Gasteiger charge is -2.31. The minimum absolute atomic E-state index is 0.0697. The van der Waals surface area contributed by atoms with E-state index in [9.17, 15) is 17.6 Å². The fourth-order valence-corrected chi connectivity index (χ4v) is 4.87. The Morgan fingerprint density at radius 1 is 1.11 bits per heavy atom. The third-order valence-electron chi connectivity index (χ3n) is 4.77. The van der Waals surface area contributed by atoms with Gasteiger partial charge in [0.2, 0.25) is 15.9 Å². The molecule has 1 fully saturated rings. The predicted molar refractivity (Wildman–Crippen MR) is 102 cm³/mol. The van der Waals surface area contributed by atoms with Gasteiger partial charge in [0.15, 0.2) is 0 Å². The van der Waals surface area contributed by atoms with Gasteiger partial charge < -0.3 is 5.32 Å². The molecule has 1 atom stereocenters. The van der Waals surface area contributed by atoms with Crippen LogP contribution in [0.4, 0.5) is 10.1 Å². The second-order valence-corrected chi connectivity index (χ2v) is 8.72. The Hall–Kier alpha value is -2.25. The number of nitrogens with one attached hydrogen (secondary N) is 1.